The van der Waals surface area contributed by atoms with Gasteiger partial charge in [0.2, 0.25) is 11.6 Å². The number of rotatable bonds is 6. The lowest BCUT2D eigenvalue weighted by atomic mass is 10.0. The standard InChI is InChI=1S/C19H18N8O2/c1-11-8-13(2-3-14(11)10-28)15-16(24-27-23-15)17-22-18(26-25-17)19(29)21-9-12-4-6-20-7-5-12/h2-8,28H,9-10H2,1H3,(H,21,29)(H,22,25,26)(H,23,24,27). The van der Waals surface area contributed by atoms with Crippen LogP contribution < -0.4 is 5.32 Å². The van der Waals surface area contributed by atoms with Crippen LogP contribution in [0.1, 0.15) is 27.3 Å². The molecule has 29 heavy (non-hydrogen) atoms. The molecular formula is C19H18N8O2. The number of aromatic nitrogens is 7. The van der Waals surface area contributed by atoms with Crippen molar-refractivity contribution in [3.8, 4) is 22.8 Å². The van der Waals surface area contributed by atoms with E-state index in [1.807, 2.05) is 37.3 Å². The Morgan fingerprint density at radius 2 is 1.90 bits per heavy atom. The highest BCUT2D eigenvalue weighted by molar-refractivity contribution is 5.91. The second kappa shape index (κ2) is 7.98. The molecule has 0 aliphatic heterocycles. The number of aromatic amines is 2. The van der Waals surface area contributed by atoms with E-state index in [2.05, 4.69) is 40.9 Å². The fourth-order valence-electron chi connectivity index (χ4n) is 2.84. The van der Waals surface area contributed by atoms with Crippen molar-refractivity contribution in [1.82, 2.24) is 40.9 Å². The molecule has 4 N–H and O–H groups in total. The lowest BCUT2D eigenvalue weighted by Crippen LogP contribution is -2.24. The maximum absolute atomic E-state index is 12.3. The summed E-state index contributed by atoms with van der Waals surface area (Å²) in [7, 11) is 0. The fourth-order valence-corrected chi connectivity index (χ4v) is 2.84. The quantitative estimate of drug-likeness (QED) is 0.389. The van der Waals surface area contributed by atoms with Crippen LogP contribution >= 0.6 is 0 Å². The Kier molecular flexibility index (Phi) is 5.08. The topological polar surface area (TPSA) is 145 Å². The average Bonchev–Trinajstić information content (AvgIpc) is 3.42. The van der Waals surface area contributed by atoms with Gasteiger partial charge in [-0.1, -0.05) is 12.1 Å². The van der Waals surface area contributed by atoms with Crippen molar-refractivity contribution in [3.05, 3.63) is 65.2 Å². The summed E-state index contributed by atoms with van der Waals surface area (Å²) in [4.78, 5) is 20.5. The minimum absolute atomic E-state index is 0.0311. The Bertz CT molecular complexity index is 1140. The fraction of sp³-hybridized carbons (Fsp3) is 0.158. The van der Waals surface area contributed by atoms with Crippen molar-refractivity contribution in [1.29, 1.82) is 0 Å². The summed E-state index contributed by atoms with van der Waals surface area (Å²) < 4.78 is 0. The van der Waals surface area contributed by atoms with Crippen molar-refractivity contribution in [2.24, 2.45) is 0 Å². The van der Waals surface area contributed by atoms with Gasteiger partial charge in [0.15, 0.2) is 5.69 Å². The van der Waals surface area contributed by atoms with Gasteiger partial charge in [-0.05, 0) is 41.8 Å². The minimum atomic E-state index is -0.381. The number of nitrogens with one attached hydrogen (secondary N) is 3. The Morgan fingerprint density at radius 1 is 1.10 bits per heavy atom. The Morgan fingerprint density at radius 3 is 2.66 bits per heavy atom. The number of amides is 1. The third kappa shape index (κ3) is 3.87. The zero-order chi connectivity index (χ0) is 20.2. The number of H-pyrrole nitrogens is 2. The number of hydrogen-bond donors (Lipinski definition) is 4. The zero-order valence-electron chi connectivity index (χ0n) is 15.5. The van der Waals surface area contributed by atoms with Crippen LogP contribution in [0.2, 0.25) is 0 Å². The van der Waals surface area contributed by atoms with Gasteiger partial charge in [0.25, 0.3) is 5.91 Å². The van der Waals surface area contributed by atoms with Crippen molar-refractivity contribution in [2.45, 2.75) is 20.1 Å². The first-order valence-electron chi connectivity index (χ1n) is 8.87. The van der Waals surface area contributed by atoms with Crippen molar-refractivity contribution < 1.29 is 9.90 Å². The van der Waals surface area contributed by atoms with Gasteiger partial charge in [-0.2, -0.15) is 20.5 Å². The number of benzene rings is 1. The first-order chi connectivity index (χ1) is 14.2. The third-order valence-corrected chi connectivity index (χ3v) is 4.45. The van der Waals surface area contributed by atoms with E-state index >= 15 is 0 Å². The number of carbonyl (C=O) groups is 1. The van der Waals surface area contributed by atoms with Crippen molar-refractivity contribution in [2.75, 3.05) is 0 Å². The van der Waals surface area contributed by atoms with E-state index < -0.39 is 0 Å². The van der Waals surface area contributed by atoms with Crippen LogP contribution in [0.4, 0.5) is 0 Å². The van der Waals surface area contributed by atoms with Crippen LogP contribution in [0.15, 0.2) is 42.7 Å². The summed E-state index contributed by atoms with van der Waals surface area (Å²) in [6.07, 6.45) is 3.32. The van der Waals surface area contributed by atoms with Crippen LogP contribution in [0.25, 0.3) is 22.8 Å². The van der Waals surface area contributed by atoms with E-state index in [9.17, 15) is 9.90 Å². The minimum Gasteiger partial charge on any atom is -0.392 e. The van der Waals surface area contributed by atoms with Crippen LogP contribution in [0.5, 0.6) is 0 Å². The first kappa shape index (κ1) is 18.4. The summed E-state index contributed by atoms with van der Waals surface area (Å²) in [6.45, 7) is 2.23. The van der Waals surface area contributed by atoms with Gasteiger partial charge >= 0.3 is 0 Å². The second-order valence-electron chi connectivity index (χ2n) is 6.37. The van der Waals surface area contributed by atoms with Gasteiger partial charge in [-0.15, -0.1) is 0 Å². The van der Waals surface area contributed by atoms with Crippen LogP contribution in [0.3, 0.4) is 0 Å². The summed E-state index contributed by atoms with van der Waals surface area (Å²) in [5.74, 6) is -0.0461. The van der Waals surface area contributed by atoms with Gasteiger partial charge in [0, 0.05) is 24.5 Å². The molecule has 0 fully saturated rings. The molecule has 1 aromatic carbocycles. The molecule has 0 aliphatic rings. The highest BCUT2D eigenvalue weighted by atomic mass is 16.3. The van der Waals surface area contributed by atoms with Gasteiger partial charge in [0.05, 0.1) is 6.61 Å². The van der Waals surface area contributed by atoms with Crippen molar-refractivity contribution >= 4 is 5.91 Å². The summed E-state index contributed by atoms with van der Waals surface area (Å²) in [5.41, 5.74) is 4.48. The lowest BCUT2D eigenvalue weighted by Gasteiger charge is -2.05. The van der Waals surface area contributed by atoms with E-state index in [1.165, 1.54) is 0 Å². The molecule has 0 atom stereocenters. The molecule has 3 aromatic heterocycles. The number of hydrogen-bond acceptors (Lipinski definition) is 7. The smallest absolute Gasteiger partial charge is 0.288 e. The predicted octanol–water partition coefficient (Wildman–Crippen LogP) is 1.38. The molecule has 10 nitrogen and oxygen atoms in total. The molecule has 10 heteroatoms. The van der Waals surface area contributed by atoms with Crippen LogP contribution in [-0.2, 0) is 13.2 Å². The monoisotopic (exact) mass is 390 g/mol. The molecular weight excluding hydrogens is 372 g/mol. The number of aliphatic hydroxyl groups excluding tert-OH is 1. The first-order valence-corrected chi connectivity index (χ1v) is 8.87. The highest BCUT2D eigenvalue weighted by Crippen LogP contribution is 2.27. The SMILES string of the molecule is Cc1cc(-c2n[nH]nc2-c2n[nH]c(C(=O)NCc3ccncc3)n2)ccc1CO. The van der Waals surface area contributed by atoms with Crippen molar-refractivity contribution in [3.63, 3.8) is 0 Å². The van der Waals surface area contributed by atoms with E-state index in [4.69, 9.17) is 0 Å². The number of nitrogens with zero attached hydrogens (tertiary/aromatic N) is 5. The largest absolute Gasteiger partial charge is 0.392 e. The Labute approximate surface area is 165 Å². The lowest BCUT2D eigenvalue weighted by molar-refractivity contribution is 0.0941. The molecule has 0 aliphatic carbocycles. The molecule has 0 saturated heterocycles. The van der Waals surface area contributed by atoms with Gasteiger partial charge in [0.1, 0.15) is 5.69 Å². The van der Waals surface area contributed by atoms with E-state index in [-0.39, 0.29) is 24.2 Å². The molecule has 0 bridgehead atoms. The second-order valence-corrected chi connectivity index (χ2v) is 6.37. The van der Waals surface area contributed by atoms with Crippen LogP contribution in [0, 0.1) is 6.92 Å². The average molecular weight is 390 g/mol. The summed E-state index contributed by atoms with van der Waals surface area (Å²) in [6, 6.07) is 9.21. The molecule has 4 aromatic rings. The zero-order valence-corrected chi connectivity index (χ0v) is 15.5. The Hall–Kier alpha value is -3.92. The maximum Gasteiger partial charge on any atom is 0.288 e. The van der Waals surface area contributed by atoms with Gasteiger partial charge in [-0.25, -0.2) is 4.98 Å². The normalized spacial score (nSPS) is 10.8. The molecule has 0 unspecified atom stereocenters. The molecule has 146 valence electrons. The number of pyridine rings is 1. The third-order valence-electron chi connectivity index (χ3n) is 4.45. The van der Waals surface area contributed by atoms with Crippen LogP contribution in [-0.4, -0.2) is 46.6 Å². The van der Waals surface area contributed by atoms with Gasteiger partial charge < -0.3 is 10.4 Å². The van der Waals surface area contributed by atoms with E-state index in [0.717, 1.165) is 22.3 Å². The number of aliphatic hydroxyl groups is 1. The van der Waals surface area contributed by atoms with E-state index in [0.29, 0.717) is 17.9 Å². The van der Waals surface area contributed by atoms with E-state index in [1.54, 1.807) is 12.4 Å². The number of aryl methyl sites for hydroxylation is 1. The van der Waals surface area contributed by atoms with Gasteiger partial charge in [-0.3, -0.25) is 14.9 Å². The molecule has 3 heterocycles. The molecule has 1 amide bonds. The predicted molar refractivity (Wildman–Crippen MR) is 103 cm³/mol. The molecule has 0 radical (unpaired) electrons. The Balaban J connectivity index is 1.54. The molecule has 4 rings (SSSR count). The molecule has 0 spiro atoms. The summed E-state index contributed by atoms with van der Waals surface area (Å²) in [5, 5.41) is 29.8. The number of carbonyl (C=O) groups excluding carboxylic acids is 1. The molecule has 0 saturated carbocycles. The highest BCUT2D eigenvalue weighted by Gasteiger charge is 2.19. The summed E-state index contributed by atoms with van der Waals surface area (Å²) >= 11 is 0. The maximum atomic E-state index is 12.3.